The number of rotatable bonds is 6. The molecule has 110 valence electrons. The highest BCUT2D eigenvalue weighted by molar-refractivity contribution is 5.35. The Bertz CT molecular complexity index is 451. The summed E-state index contributed by atoms with van der Waals surface area (Å²) in [6.45, 7) is 3.53. The van der Waals surface area contributed by atoms with E-state index < -0.39 is 4.92 Å². The molecule has 1 saturated carbocycles. The second-order valence-corrected chi connectivity index (χ2v) is 5.26. The summed E-state index contributed by atoms with van der Waals surface area (Å²) >= 11 is 0. The number of nitrogens with zero attached hydrogens (tertiary/aromatic N) is 4. The van der Waals surface area contributed by atoms with Crippen LogP contribution in [0.4, 0.5) is 11.6 Å². The highest BCUT2D eigenvalue weighted by Crippen LogP contribution is 2.30. The maximum absolute atomic E-state index is 10.6. The smallest absolute Gasteiger partial charge is 0.305 e. The SMILES string of the molecule is COCCN(c1ncc([N+](=O)[O-])cn1)C1CCC(C)C1. The normalized spacial score (nSPS) is 21.9. The van der Waals surface area contributed by atoms with Crippen molar-refractivity contribution >= 4 is 11.6 Å². The third kappa shape index (κ3) is 3.41. The number of aromatic nitrogens is 2. The van der Waals surface area contributed by atoms with E-state index in [1.807, 2.05) is 0 Å². The first-order valence-corrected chi connectivity index (χ1v) is 6.84. The van der Waals surface area contributed by atoms with E-state index in [-0.39, 0.29) is 5.69 Å². The van der Waals surface area contributed by atoms with Gasteiger partial charge in [0.15, 0.2) is 0 Å². The van der Waals surface area contributed by atoms with Gasteiger partial charge in [-0.2, -0.15) is 0 Å². The molecule has 1 aromatic rings. The molecular weight excluding hydrogens is 260 g/mol. The van der Waals surface area contributed by atoms with E-state index in [2.05, 4.69) is 21.8 Å². The van der Waals surface area contributed by atoms with Gasteiger partial charge in [0.1, 0.15) is 12.4 Å². The number of methoxy groups -OCH3 is 1. The van der Waals surface area contributed by atoms with Crippen LogP contribution in [-0.2, 0) is 4.74 Å². The molecule has 2 unspecified atom stereocenters. The zero-order chi connectivity index (χ0) is 14.5. The summed E-state index contributed by atoms with van der Waals surface area (Å²) in [4.78, 5) is 20.5. The second kappa shape index (κ2) is 6.60. The van der Waals surface area contributed by atoms with E-state index in [1.165, 1.54) is 18.8 Å². The van der Waals surface area contributed by atoms with E-state index in [4.69, 9.17) is 4.74 Å². The first-order valence-electron chi connectivity index (χ1n) is 6.84. The van der Waals surface area contributed by atoms with Crippen LogP contribution in [0.3, 0.4) is 0 Å². The Balaban J connectivity index is 2.14. The van der Waals surface area contributed by atoms with Crippen LogP contribution in [0.5, 0.6) is 0 Å². The molecule has 1 aliphatic rings. The van der Waals surface area contributed by atoms with Crippen LogP contribution in [0, 0.1) is 16.0 Å². The predicted octanol–water partition coefficient (Wildman–Crippen LogP) is 2.03. The Kier molecular flexibility index (Phi) is 4.84. The molecule has 0 spiro atoms. The molecule has 0 bridgehead atoms. The molecule has 0 aromatic carbocycles. The average Bonchev–Trinajstić information content (AvgIpc) is 2.86. The molecule has 7 heteroatoms. The number of ether oxygens (including phenoxy) is 1. The standard InChI is InChI=1S/C13H20N4O3/c1-10-3-4-11(7-10)16(5-6-20-2)13-14-8-12(9-15-13)17(18)19/h8-11H,3-7H2,1-2H3. The maximum Gasteiger partial charge on any atom is 0.305 e. The van der Waals surface area contributed by atoms with Crippen LogP contribution < -0.4 is 4.90 Å². The fourth-order valence-electron chi connectivity index (χ4n) is 2.65. The highest BCUT2D eigenvalue weighted by Gasteiger charge is 2.28. The van der Waals surface area contributed by atoms with Crippen molar-refractivity contribution in [3.05, 3.63) is 22.5 Å². The van der Waals surface area contributed by atoms with Gasteiger partial charge in [0, 0.05) is 19.7 Å². The molecule has 1 aromatic heterocycles. The van der Waals surface area contributed by atoms with Crippen LogP contribution in [-0.4, -0.2) is 41.2 Å². The largest absolute Gasteiger partial charge is 0.383 e. The summed E-state index contributed by atoms with van der Waals surface area (Å²) < 4.78 is 5.14. The van der Waals surface area contributed by atoms with Crippen molar-refractivity contribution in [2.75, 3.05) is 25.2 Å². The zero-order valence-corrected chi connectivity index (χ0v) is 11.9. The summed E-state index contributed by atoms with van der Waals surface area (Å²) in [7, 11) is 1.66. The molecule has 2 atom stereocenters. The van der Waals surface area contributed by atoms with Crippen LogP contribution >= 0.6 is 0 Å². The number of hydrogen-bond donors (Lipinski definition) is 0. The van der Waals surface area contributed by atoms with Gasteiger partial charge in [-0.1, -0.05) is 6.92 Å². The molecule has 0 aliphatic heterocycles. The molecule has 1 heterocycles. The third-order valence-corrected chi connectivity index (χ3v) is 3.74. The Hall–Kier alpha value is -1.76. The average molecular weight is 280 g/mol. The minimum absolute atomic E-state index is 0.0831. The summed E-state index contributed by atoms with van der Waals surface area (Å²) in [5.41, 5.74) is -0.0831. The molecule has 0 amide bonds. The van der Waals surface area contributed by atoms with Gasteiger partial charge >= 0.3 is 5.69 Å². The topological polar surface area (TPSA) is 81.4 Å². The van der Waals surface area contributed by atoms with Gasteiger partial charge in [-0.25, -0.2) is 9.97 Å². The molecule has 0 radical (unpaired) electrons. The van der Waals surface area contributed by atoms with Crippen molar-refractivity contribution in [3.8, 4) is 0 Å². The van der Waals surface area contributed by atoms with Crippen molar-refractivity contribution in [1.82, 2.24) is 9.97 Å². The molecule has 0 saturated heterocycles. The summed E-state index contributed by atoms with van der Waals surface area (Å²) in [6.07, 6.45) is 5.93. The fraction of sp³-hybridized carbons (Fsp3) is 0.692. The zero-order valence-electron chi connectivity index (χ0n) is 11.9. The molecular formula is C13H20N4O3. The first kappa shape index (κ1) is 14.6. The van der Waals surface area contributed by atoms with Gasteiger partial charge in [0.25, 0.3) is 0 Å². The van der Waals surface area contributed by atoms with Crippen LogP contribution in [0.1, 0.15) is 26.2 Å². The molecule has 2 rings (SSSR count). The van der Waals surface area contributed by atoms with Crippen molar-refractivity contribution in [2.24, 2.45) is 5.92 Å². The van der Waals surface area contributed by atoms with E-state index in [0.29, 0.717) is 31.1 Å². The summed E-state index contributed by atoms with van der Waals surface area (Å²) in [5, 5.41) is 10.6. The Morgan fingerprint density at radius 1 is 1.45 bits per heavy atom. The lowest BCUT2D eigenvalue weighted by Crippen LogP contribution is -2.37. The molecule has 1 aliphatic carbocycles. The van der Waals surface area contributed by atoms with E-state index in [1.54, 1.807) is 7.11 Å². The second-order valence-electron chi connectivity index (χ2n) is 5.26. The summed E-state index contributed by atoms with van der Waals surface area (Å²) in [6, 6.07) is 0.390. The first-order chi connectivity index (χ1) is 9.61. The quantitative estimate of drug-likeness (QED) is 0.585. The Morgan fingerprint density at radius 2 is 2.15 bits per heavy atom. The number of nitro groups is 1. The molecule has 7 nitrogen and oxygen atoms in total. The maximum atomic E-state index is 10.6. The van der Waals surface area contributed by atoms with Crippen LogP contribution in [0.25, 0.3) is 0 Å². The minimum atomic E-state index is -0.485. The van der Waals surface area contributed by atoms with Gasteiger partial charge < -0.3 is 9.64 Å². The molecule has 1 fully saturated rings. The van der Waals surface area contributed by atoms with Crippen molar-refractivity contribution in [1.29, 1.82) is 0 Å². The lowest BCUT2D eigenvalue weighted by Gasteiger charge is -2.28. The Morgan fingerprint density at radius 3 is 2.65 bits per heavy atom. The van der Waals surface area contributed by atoms with Crippen molar-refractivity contribution in [2.45, 2.75) is 32.2 Å². The van der Waals surface area contributed by atoms with E-state index in [0.717, 1.165) is 12.8 Å². The summed E-state index contributed by atoms with van der Waals surface area (Å²) in [5.74, 6) is 1.25. The van der Waals surface area contributed by atoms with Gasteiger partial charge in [-0.05, 0) is 25.2 Å². The van der Waals surface area contributed by atoms with Gasteiger partial charge in [0.2, 0.25) is 5.95 Å². The van der Waals surface area contributed by atoms with Gasteiger partial charge in [-0.3, -0.25) is 10.1 Å². The fourth-order valence-corrected chi connectivity index (χ4v) is 2.65. The van der Waals surface area contributed by atoms with Gasteiger partial charge in [0.05, 0.1) is 11.5 Å². The molecule has 20 heavy (non-hydrogen) atoms. The molecule has 0 N–H and O–H groups in total. The predicted molar refractivity (Wildman–Crippen MR) is 74.7 cm³/mol. The highest BCUT2D eigenvalue weighted by atomic mass is 16.6. The van der Waals surface area contributed by atoms with Crippen LogP contribution in [0.2, 0.25) is 0 Å². The minimum Gasteiger partial charge on any atom is -0.383 e. The van der Waals surface area contributed by atoms with Gasteiger partial charge in [-0.15, -0.1) is 0 Å². The van der Waals surface area contributed by atoms with Crippen molar-refractivity contribution < 1.29 is 9.66 Å². The van der Waals surface area contributed by atoms with Crippen molar-refractivity contribution in [3.63, 3.8) is 0 Å². The third-order valence-electron chi connectivity index (χ3n) is 3.74. The monoisotopic (exact) mass is 280 g/mol. The number of hydrogen-bond acceptors (Lipinski definition) is 6. The lowest BCUT2D eigenvalue weighted by atomic mass is 10.1. The Labute approximate surface area is 118 Å². The van der Waals surface area contributed by atoms with E-state index >= 15 is 0 Å². The number of anilines is 1. The van der Waals surface area contributed by atoms with Crippen LogP contribution in [0.15, 0.2) is 12.4 Å². The van der Waals surface area contributed by atoms with E-state index in [9.17, 15) is 10.1 Å². The lowest BCUT2D eigenvalue weighted by molar-refractivity contribution is -0.385.